The van der Waals surface area contributed by atoms with E-state index in [9.17, 15) is 5.11 Å². The first kappa shape index (κ1) is 15.7. The van der Waals surface area contributed by atoms with Crippen LogP contribution in [0.15, 0.2) is 24.3 Å². The lowest BCUT2D eigenvalue weighted by molar-refractivity contribution is 0.191. The lowest BCUT2D eigenvalue weighted by Gasteiger charge is -2.17. The van der Waals surface area contributed by atoms with Crippen molar-refractivity contribution in [3.05, 3.63) is 51.9 Å². The van der Waals surface area contributed by atoms with Crippen molar-refractivity contribution in [1.82, 2.24) is 9.97 Å². The third-order valence-electron chi connectivity index (χ3n) is 3.43. The van der Waals surface area contributed by atoms with E-state index in [0.29, 0.717) is 23.3 Å². The molecule has 0 amide bonds. The number of aliphatic hydroxyl groups excluding tert-OH is 1. The first-order valence-corrected chi connectivity index (χ1v) is 7.41. The van der Waals surface area contributed by atoms with Gasteiger partial charge in [-0.05, 0) is 31.4 Å². The zero-order valence-corrected chi connectivity index (χ0v) is 13.3. The molecule has 1 aromatic heterocycles. The molecule has 0 aliphatic heterocycles. The number of rotatable bonds is 5. The molecule has 2 rings (SSSR count). The standard InChI is InChI=1S/C16H20ClN3O/c1-4-12-15(17)19-11(3)20-16(12)18-9-14(21)13-8-6-5-7-10(13)2/h5-8,14,21H,4,9H2,1-3H3,(H,18,19,20). The molecule has 112 valence electrons. The lowest BCUT2D eigenvalue weighted by Crippen LogP contribution is -2.16. The molecule has 0 spiro atoms. The van der Waals surface area contributed by atoms with Crippen molar-refractivity contribution in [3.63, 3.8) is 0 Å². The highest BCUT2D eigenvalue weighted by molar-refractivity contribution is 6.30. The predicted octanol–water partition coefficient (Wildman–Crippen LogP) is 3.45. The fourth-order valence-electron chi connectivity index (χ4n) is 2.29. The van der Waals surface area contributed by atoms with E-state index >= 15 is 0 Å². The average Bonchev–Trinajstić information content (AvgIpc) is 2.44. The molecule has 0 aliphatic carbocycles. The third kappa shape index (κ3) is 3.71. The first-order chi connectivity index (χ1) is 10.0. The summed E-state index contributed by atoms with van der Waals surface area (Å²) in [6.45, 7) is 6.17. The quantitative estimate of drug-likeness (QED) is 0.831. The minimum atomic E-state index is -0.593. The third-order valence-corrected chi connectivity index (χ3v) is 3.74. The van der Waals surface area contributed by atoms with E-state index in [0.717, 1.165) is 23.1 Å². The molecule has 0 bridgehead atoms. The number of hydrogen-bond donors (Lipinski definition) is 2. The van der Waals surface area contributed by atoms with E-state index in [4.69, 9.17) is 11.6 Å². The zero-order chi connectivity index (χ0) is 15.4. The summed E-state index contributed by atoms with van der Waals surface area (Å²) in [5, 5.41) is 14.0. The van der Waals surface area contributed by atoms with Gasteiger partial charge in [-0.15, -0.1) is 0 Å². The predicted molar refractivity (Wildman–Crippen MR) is 85.8 cm³/mol. The molecule has 21 heavy (non-hydrogen) atoms. The number of nitrogens with one attached hydrogen (secondary N) is 1. The topological polar surface area (TPSA) is 58.0 Å². The maximum absolute atomic E-state index is 10.3. The van der Waals surface area contributed by atoms with Crippen LogP contribution in [-0.4, -0.2) is 21.6 Å². The Balaban J connectivity index is 2.15. The Labute approximate surface area is 130 Å². The van der Waals surface area contributed by atoms with Gasteiger partial charge in [-0.2, -0.15) is 0 Å². The van der Waals surface area contributed by atoms with Crippen molar-refractivity contribution < 1.29 is 5.11 Å². The molecule has 1 heterocycles. The summed E-state index contributed by atoms with van der Waals surface area (Å²) in [5.41, 5.74) is 2.86. The minimum Gasteiger partial charge on any atom is -0.387 e. The summed E-state index contributed by atoms with van der Waals surface area (Å²) < 4.78 is 0. The highest BCUT2D eigenvalue weighted by Gasteiger charge is 2.13. The SMILES string of the molecule is CCc1c(Cl)nc(C)nc1NCC(O)c1ccccc1C. The van der Waals surface area contributed by atoms with Crippen LogP contribution in [0.25, 0.3) is 0 Å². The number of hydrogen-bond acceptors (Lipinski definition) is 4. The van der Waals surface area contributed by atoms with Crippen molar-refractivity contribution >= 4 is 17.4 Å². The smallest absolute Gasteiger partial charge is 0.138 e. The zero-order valence-electron chi connectivity index (χ0n) is 12.5. The number of aliphatic hydroxyl groups is 1. The van der Waals surface area contributed by atoms with Crippen LogP contribution in [0.5, 0.6) is 0 Å². The lowest BCUT2D eigenvalue weighted by atomic mass is 10.0. The van der Waals surface area contributed by atoms with Gasteiger partial charge in [0.15, 0.2) is 0 Å². The van der Waals surface area contributed by atoms with Gasteiger partial charge in [0.25, 0.3) is 0 Å². The Kier molecular flexibility index (Phi) is 5.15. The van der Waals surface area contributed by atoms with Gasteiger partial charge in [0.2, 0.25) is 0 Å². The van der Waals surface area contributed by atoms with Gasteiger partial charge in [-0.25, -0.2) is 9.97 Å². The molecule has 1 aromatic carbocycles. The second-order valence-electron chi connectivity index (χ2n) is 5.00. The molecule has 2 aromatic rings. The molecule has 0 fully saturated rings. The summed E-state index contributed by atoms with van der Waals surface area (Å²) in [6, 6.07) is 7.80. The van der Waals surface area contributed by atoms with Crippen molar-refractivity contribution in [1.29, 1.82) is 0 Å². The number of aromatic nitrogens is 2. The van der Waals surface area contributed by atoms with Crippen molar-refractivity contribution in [2.24, 2.45) is 0 Å². The summed E-state index contributed by atoms with van der Waals surface area (Å²) in [7, 11) is 0. The van der Waals surface area contributed by atoms with E-state index in [1.807, 2.05) is 38.1 Å². The van der Waals surface area contributed by atoms with Gasteiger partial charge in [-0.1, -0.05) is 42.8 Å². The van der Waals surface area contributed by atoms with Crippen LogP contribution in [0.4, 0.5) is 5.82 Å². The fourth-order valence-corrected chi connectivity index (χ4v) is 2.63. The van der Waals surface area contributed by atoms with Gasteiger partial charge in [0.05, 0.1) is 6.10 Å². The number of anilines is 1. The summed E-state index contributed by atoms with van der Waals surface area (Å²) >= 11 is 6.14. The number of aryl methyl sites for hydroxylation is 2. The first-order valence-electron chi connectivity index (χ1n) is 7.03. The van der Waals surface area contributed by atoms with Crippen LogP contribution in [0.2, 0.25) is 5.15 Å². The molecule has 1 unspecified atom stereocenters. The van der Waals surface area contributed by atoms with Crippen molar-refractivity contribution in [2.75, 3.05) is 11.9 Å². The molecule has 4 nitrogen and oxygen atoms in total. The molecule has 0 radical (unpaired) electrons. The summed E-state index contributed by atoms with van der Waals surface area (Å²) in [4.78, 5) is 8.53. The highest BCUT2D eigenvalue weighted by Crippen LogP contribution is 2.23. The molecule has 5 heteroatoms. The Morgan fingerprint density at radius 3 is 2.62 bits per heavy atom. The van der Waals surface area contributed by atoms with Crippen LogP contribution in [0.1, 0.15) is 35.5 Å². The number of halogens is 1. The molecular weight excluding hydrogens is 286 g/mol. The minimum absolute atomic E-state index is 0.380. The fraction of sp³-hybridized carbons (Fsp3) is 0.375. The Hall–Kier alpha value is -1.65. The Morgan fingerprint density at radius 1 is 1.24 bits per heavy atom. The van der Waals surface area contributed by atoms with Crippen LogP contribution < -0.4 is 5.32 Å². The normalized spacial score (nSPS) is 12.2. The van der Waals surface area contributed by atoms with Gasteiger partial charge in [0.1, 0.15) is 16.8 Å². The van der Waals surface area contributed by atoms with E-state index in [2.05, 4.69) is 15.3 Å². The second kappa shape index (κ2) is 6.87. The largest absolute Gasteiger partial charge is 0.387 e. The monoisotopic (exact) mass is 305 g/mol. The van der Waals surface area contributed by atoms with Crippen LogP contribution in [0.3, 0.4) is 0 Å². The Morgan fingerprint density at radius 2 is 1.95 bits per heavy atom. The number of nitrogens with zero attached hydrogens (tertiary/aromatic N) is 2. The Bertz CT molecular complexity index is 631. The van der Waals surface area contributed by atoms with Gasteiger partial charge < -0.3 is 10.4 Å². The van der Waals surface area contributed by atoms with Crippen molar-refractivity contribution in [2.45, 2.75) is 33.3 Å². The second-order valence-corrected chi connectivity index (χ2v) is 5.35. The summed E-state index contributed by atoms with van der Waals surface area (Å²) in [6.07, 6.45) is 0.145. The van der Waals surface area contributed by atoms with Crippen molar-refractivity contribution in [3.8, 4) is 0 Å². The van der Waals surface area contributed by atoms with E-state index in [1.54, 1.807) is 6.92 Å². The van der Waals surface area contributed by atoms with Crippen LogP contribution >= 0.6 is 11.6 Å². The van der Waals surface area contributed by atoms with Gasteiger partial charge in [-0.3, -0.25) is 0 Å². The molecule has 0 saturated carbocycles. The maximum atomic E-state index is 10.3. The van der Waals surface area contributed by atoms with E-state index in [1.165, 1.54) is 0 Å². The maximum Gasteiger partial charge on any atom is 0.138 e. The molecule has 0 saturated heterocycles. The number of benzene rings is 1. The van der Waals surface area contributed by atoms with E-state index in [-0.39, 0.29) is 0 Å². The van der Waals surface area contributed by atoms with Gasteiger partial charge >= 0.3 is 0 Å². The summed E-state index contributed by atoms with van der Waals surface area (Å²) in [5.74, 6) is 1.31. The van der Waals surface area contributed by atoms with E-state index < -0.39 is 6.10 Å². The van der Waals surface area contributed by atoms with Crippen LogP contribution in [-0.2, 0) is 6.42 Å². The highest BCUT2D eigenvalue weighted by atomic mass is 35.5. The van der Waals surface area contributed by atoms with Crippen LogP contribution in [0, 0.1) is 13.8 Å². The van der Waals surface area contributed by atoms with Gasteiger partial charge in [0, 0.05) is 12.1 Å². The molecule has 1 atom stereocenters. The molecular formula is C16H20ClN3O. The average molecular weight is 306 g/mol. The molecule has 0 aliphatic rings. The molecule has 2 N–H and O–H groups in total.